The highest BCUT2D eigenvalue weighted by molar-refractivity contribution is 5.94. The predicted octanol–water partition coefficient (Wildman–Crippen LogP) is 3.99. The Morgan fingerprint density at radius 1 is 1.10 bits per heavy atom. The van der Waals surface area contributed by atoms with Crippen LogP contribution < -0.4 is 5.32 Å². The van der Waals surface area contributed by atoms with Gasteiger partial charge in [-0.3, -0.25) is 0 Å². The highest BCUT2D eigenvalue weighted by Crippen LogP contribution is 2.18. The Hall–Kier alpha value is -2.29. The van der Waals surface area contributed by atoms with Crippen LogP contribution in [0.2, 0.25) is 0 Å². The molecule has 0 radical (unpaired) electrons. The Balaban J connectivity index is 1.92. The number of carbonyl (C=O) groups is 1. The van der Waals surface area contributed by atoms with Gasteiger partial charge in [0.25, 0.3) is 0 Å². The molecule has 2 N–H and O–H groups in total. The van der Waals surface area contributed by atoms with Crippen molar-refractivity contribution in [1.29, 1.82) is 0 Å². The predicted molar refractivity (Wildman–Crippen MR) is 86.0 cm³/mol. The minimum atomic E-state index is -0.879. The zero-order chi connectivity index (χ0) is 15.1. The van der Waals surface area contributed by atoms with Crippen molar-refractivity contribution in [3.8, 4) is 0 Å². The lowest BCUT2D eigenvalue weighted by Gasteiger charge is -2.11. The zero-order valence-electron chi connectivity index (χ0n) is 12.3. The molecule has 0 aliphatic rings. The fourth-order valence-electron chi connectivity index (χ4n) is 2.30. The monoisotopic (exact) mass is 283 g/mol. The molecule has 0 heterocycles. The lowest BCUT2D eigenvalue weighted by Crippen LogP contribution is -2.09. The topological polar surface area (TPSA) is 49.3 Å². The number of aryl methyl sites for hydroxylation is 2. The number of benzene rings is 2. The van der Waals surface area contributed by atoms with Gasteiger partial charge < -0.3 is 10.4 Å². The van der Waals surface area contributed by atoms with E-state index in [2.05, 4.69) is 17.4 Å². The van der Waals surface area contributed by atoms with Crippen LogP contribution in [0.15, 0.2) is 48.5 Å². The van der Waals surface area contributed by atoms with Gasteiger partial charge in [0.2, 0.25) is 0 Å². The minimum absolute atomic E-state index is 0.356. The summed E-state index contributed by atoms with van der Waals surface area (Å²) >= 11 is 0. The van der Waals surface area contributed by atoms with Crippen molar-refractivity contribution in [2.24, 2.45) is 0 Å². The Morgan fingerprint density at radius 3 is 2.52 bits per heavy atom. The van der Waals surface area contributed by atoms with Crippen LogP contribution in [0, 0.1) is 0 Å². The average Bonchev–Trinajstić information content (AvgIpc) is 2.52. The summed E-state index contributed by atoms with van der Waals surface area (Å²) in [6.07, 6.45) is 2.80. The van der Waals surface area contributed by atoms with Crippen molar-refractivity contribution < 1.29 is 9.90 Å². The quantitative estimate of drug-likeness (QED) is 0.755. The normalized spacial score (nSPS) is 10.3. The summed E-state index contributed by atoms with van der Waals surface area (Å²) in [5.74, 6) is -0.879. The maximum Gasteiger partial charge on any atom is 0.337 e. The Kier molecular flexibility index (Phi) is 5.38. The van der Waals surface area contributed by atoms with Gasteiger partial charge >= 0.3 is 5.97 Å². The summed E-state index contributed by atoms with van der Waals surface area (Å²) in [6, 6.07) is 15.9. The van der Waals surface area contributed by atoms with Gasteiger partial charge in [0, 0.05) is 12.2 Å². The molecule has 0 spiro atoms. The maximum atomic E-state index is 11.3. The van der Waals surface area contributed by atoms with Gasteiger partial charge in [-0.15, -0.1) is 0 Å². The van der Waals surface area contributed by atoms with Crippen LogP contribution >= 0.6 is 0 Å². The van der Waals surface area contributed by atoms with Gasteiger partial charge in [0.15, 0.2) is 0 Å². The highest BCUT2D eigenvalue weighted by atomic mass is 16.4. The third kappa shape index (κ3) is 4.35. The molecule has 0 amide bonds. The van der Waals surface area contributed by atoms with Gasteiger partial charge in [0.05, 0.1) is 5.56 Å². The molecule has 0 aliphatic carbocycles. The third-order valence-electron chi connectivity index (χ3n) is 3.52. The molecule has 0 fully saturated rings. The minimum Gasteiger partial charge on any atom is -0.478 e. The van der Waals surface area contributed by atoms with Crippen LogP contribution in [-0.4, -0.2) is 17.6 Å². The molecule has 21 heavy (non-hydrogen) atoms. The van der Waals surface area contributed by atoms with Crippen LogP contribution in [0.1, 0.15) is 34.8 Å². The maximum absolute atomic E-state index is 11.3. The van der Waals surface area contributed by atoms with E-state index in [1.807, 2.05) is 37.3 Å². The van der Waals surface area contributed by atoms with E-state index < -0.39 is 5.97 Å². The van der Waals surface area contributed by atoms with E-state index in [4.69, 9.17) is 0 Å². The molecular formula is C18H21NO2. The second-order valence-corrected chi connectivity index (χ2v) is 5.05. The zero-order valence-corrected chi connectivity index (χ0v) is 12.3. The second kappa shape index (κ2) is 7.48. The molecule has 0 saturated carbocycles. The van der Waals surface area contributed by atoms with Gasteiger partial charge in [-0.2, -0.15) is 0 Å². The highest BCUT2D eigenvalue weighted by Gasteiger charge is 2.10. The Bertz CT molecular complexity index is 593. The molecule has 2 rings (SSSR count). The SMILES string of the molecule is CCc1ccc(NCCCc2ccccc2)c(C(=O)O)c1. The number of aromatic carboxylic acids is 1. The summed E-state index contributed by atoms with van der Waals surface area (Å²) < 4.78 is 0. The number of hydrogen-bond donors (Lipinski definition) is 2. The number of carboxylic acid groups (broad SMARTS) is 1. The fourth-order valence-corrected chi connectivity index (χ4v) is 2.30. The molecule has 3 heteroatoms. The van der Waals surface area contributed by atoms with E-state index in [0.29, 0.717) is 11.3 Å². The Labute approximate surface area is 125 Å². The summed E-state index contributed by atoms with van der Waals surface area (Å²) in [7, 11) is 0. The van der Waals surface area contributed by atoms with Crippen molar-refractivity contribution in [3.05, 3.63) is 65.2 Å². The van der Waals surface area contributed by atoms with Crippen LogP contribution in [0.5, 0.6) is 0 Å². The van der Waals surface area contributed by atoms with E-state index in [-0.39, 0.29) is 0 Å². The number of nitrogens with one attached hydrogen (secondary N) is 1. The van der Waals surface area contributed by atoms with Crippen LogP contribution in [-0.2, 0) is 12.8 Å². The number of carboxylic acids is 1. The molecule has 2 aromatic carbocycles. The van der Waals surface area contributed by atoms with Crippen molar-refractivity contribution in [2.75, 3.05) is 11.9 Å². The van der Waals surface area contributed by atoms with Gasteiger partial charge in [-0.05, 0) is 42.5 Å². The molecule has 2 aromatic rings. The van der Waals surface area contributed by atoms with Gasteiger partial charge in [0.1, 0.15) is 0 Å². The number of rotatable bonds is 7. The molecule has 0 unspecified atom stereocenters. The second-order valence-electron chi connectivity index (χ2n) is 5.05. The van der Waals surface area contributed by atoms with Gasteiger partial charge in [-0.25, -0.2) is 4.79 Å². The van der Waals surface area contributed by atoms with Crippen LogP contribution in [0.25, 0.3) is 0 Å². The largest absolute Gasteiger partial charge is 0.478 e. The first kappa shape index (κ1) is 15.1. The van der Waals surface area contributed by atoms with Crippen LogP contribution in [0.4, 0.5) is 5.69 Å². The van der Waals surface area contributed by atoms with Crippen LogP contribution in [0.3, 0.4) is 0 Å². The molecule has 0 bridgehead atoms. The lowest BCUT2D eigenvalue weighted by molar-refractivity contribution is 0.0698. The number of anilines is 1. The lowest BCUT2D eigenvalue weighted by atomic mass is 10.1. The smallest absolute Gasteiger partial charge is 0.337 e. The van der Waals surface area contributed by atoms with E-state index >= 15 is 0 Å². The fraction of sp³-hybridized carbons (Fsp3) is 0.278. The molecule has 0 atom stereocenters. The van der Waals surface area contributed by atoms with E-state index in [1.54, 1.807) is 6.07 Å². The van der Waals surface area contributed by atoms with Crippen molar-refractivity contribution >= 4 is 11.7 Å². The first-order chi connectivity index (χ1) is 10.2. The van der Waals surface area contributed by atoms with E-state index in [0.717, 1.165) is 31.4 Å². The molecule has 110 valence electrons. The van der Waals surface area contributed by atoms with E-state index in [1.165, 1.54) is 5.56 Å². The third-order valence-corrected chi connectivity index (χ3v) is 3.52. The summed E-state index contributed by atoms with van der Waals surface area (Å²) in [5.41, 5.74) is 3.41. The van der Waals surface area contributed by atoms with Crippen molar-refractivity contribution in [3.63, 3.8) is 0 Å². The van der Waals surface area contributed by atoms with Gasteiger partial charge in [-0.1, -0.05) is 43.3 Å². The summed E-state index contributed by atoms with van der Waals surface area (Å²) in [5, 5.41) is 12.5. The molecule has 0 saturated heterocycles. The first-order valence-corrected chi connectivity index (χ1v) is 7.34. The molecule has 0 aromatic heterocycles. The average molecular weight is 283 g/mol. The first-order valence-electron chi connectivity index (χ1n) is 7.34. The molecule has 3 nitrogen and oxygen atoms in total. The molecular weight excluding hydrogens is 262 g/mol. The van der Waals surface area contributed by atoms with Crippen molar-refractivity contribution in [1.82, 2.24) is 0 Å². The number of hydrogen-bond acceptors (Lipinski definition) is 2. The standard InChI is InChI=1S/C18H21NO2/c1-2-14-10-11-17(16(13-14)18(20)21)19-12-6-9-15-7-4-3-5-8-15/h3-5,7-8,10-11,13,19H,2,6,9,12H2,1H3,(H,20,21). The molecule has 0 aliphatic heterocycles. The summed E-state index contributed by atoms with van der Waals surface area (Å²) in [4.78, 5) is 11.3. The van der Waals surface area contributed by atoms with E-state index in [9.17, 15) is 9.90 Å². The summed E-state index contributed by atoms with van der Waals surface area (Å²) in [6.45, 7) is 2.79. The van der Waals surface area contributed by atoms with Crippen molar-refractivity contribution in [2.45, 2.75) is 26.2 Å². The Morgan fingerprint density at radius 2 is 1.86 bits per heavy atom.